The molecule has 2 aromatic rings. The Bertz CT molecular complexity index is 733. The fraction of sp³-hybridized carbons (Fsp3) is 0.500. The number of aromatic nitrogens is 2. The van der Waals surface area contributed by atoms with Crippen LogP contribution in [0.3, 0.4) is 0 Å². The Morgan fingerprint density at radius 3 is 3.08 bits per heavy atom. The molecule has 1 saturated heterocycles. The van der Waals surface area contributed by atoms with Gasteiger partial charge < -0.3 is 24.2 Å². The maximum atomic E-state index is 12.7. The maximum absolute atomic E-state index is 12.7. The summed E-state index contributed by atoms with van der Waals surface area (Å²) in [5, 5.41) is 6.97. The van der Waals surface area contributed by atoms with Crippen molar-refractivity contribution in [1.29, 1.82) is 0 Å². The summed E-state index contributed by atoms with van der Waals surface area (Å²) in [6.07, 6.45) is 1.81. The molecule has 2 heterocycles. The van der Waals surface area contributed by atoms with Crippen LogP contribution in [0, 0.1) is 0 Å². The average Bonchev–Trinajstić information content (AvgIpc) is 3.13. The quantitative estimate of drug-likeness (QED) is 0.852. The number of ether oxygens (including phenoxy) is 2. The molecule has 1 N–H and O–H groups in total. The van der Waals surface area contributed by atoms with Crippen LogP contribution in [0.15, 0.2) is 28.8 Å². The van der Waals surface area contributed by atoms with E-state index in [1.165, 1.54) is 0 Å². The van der Waals surface area contributed by atoms with Crippen molar-refractivity contribution in [2.24, 2.45) is 0 Å². The van der Waals surface area contributed by atoms with Crippen molar-refractivity contribution in [3.05, 3.63) is 36.0 Å². The molecule has 1 aromatic carbocycles. The molecule has 0 spiro atoms. The number of amides is 2. The van der Waals surface area contributed by atoms with Crippen LogP contribution < -0.4 is 10.1 Å². The second-order valence-electron chi connectivity index (χ2n) is 6.12. The van der Waals surface area contributed by atoms with Crippen molar-refractivity contribution in [3.8, 4) is 5.75 Å². The number of hydrogen-bond acceptors (Lipinski definition) is 6. The Balaban J connectivity index is 1.64. The van der Waals surface area contributed by atoms with Gasteiger partial charge >= 0.3 is 6.03 Å². The minimum absolute atomic E-state index is 0.0611. The van der Waals surface area contributed by atoms with Crippen molar-refractivity contribution >= 4 is 11.7 Å². The minimum atomic E-state index is -0.150. The zero-order valence-electron chi connectivity index (χ0n) is 15.1. The van der Waals surface area contributed by atoms with E-state index in [1.54, 1.807) is 12.0 Å². The monoisotopic (exact) mass is 360 g/mol. The number of urea groups is 1. The van der Waals surface area contributed by atoms with Crippen LogP contribution in [0.25, 0.3) is 0 Å². The Labute approximate surface area is 152 Å². The number of carbonyl (C=O) groups is 1. The minimum Gasteiger partial charge on any atom is -0.492 e. The lowest BCUT2D eigenvalue weighted by Crippen LogP contribution is -2.41. The standard InChI is InChI=1S/C18H24N4O4/c1-3-25-15-9-5-4-8-14(15)19-18(23)22-10-6-7-13(11-22)17-20-16(12-24-2)26-21-17/h4-5,8-9,13H,3,6-7,10-12H2,1-2H3,(H,19,23). The number of benzene rings is 1. The molecule has 1 aliphatic rings. The number of rotatable bonds is 6. The van der Waals surface area contributed by atoms with E-state index in [1.807, 2.05) is 31.2 Å². The third kappa shape index (κ3) is 4.32. The molecular formula is C18H24N4O4. The number of likely N-dealkylation sites (tertiary alicyclic amines) is 1. The van der Waals surface area contributed by atoms with Crippen LogP contribution in [-0.2, 0) is 11.3 Å². The van der Waals surface area contributed by atoms with Gasteiger partial charge in [-0.05, 0) is 31.9 Å². The number of methoxy groups -OCH3 is 1. The molecule has 0 bridgehead atoms. The first-order valence-corrected chi connectivity index (χ1v) is 8.80. The summed E-state index contributed by atoms with van der Waals surface area (Å²) in [6.45, 7) is 3.99. The Morgan fingerprint density at radius 2 is 2.27 bits per heavy atom. The molecule has 0 aliphatic carbocycles. The highest BCUT2D eigenvalue weighted by atomic mass is 16.5. The van der Waals surface area contributed by atoms with Crippen LogP contribution in [0.2, 0.25) is 0 Å². The summed E-state index contributed by atoms with van der Waals surface area (Å²) in [4.78, 5) is 18.8. The number of hydrogen-bond donors (Lipinski definition) is 1. The summed E-state index contributed by atoms with van der Waals surface area (Å²) in [6, 6.07) is 7.27. The first-order valence-electron chi connectivity index (χ1n) is 8.80. The van der Waals surface area contributed by atoms with Crippen molar-refractivity contribution < 1.29 is 18.8 Å². The fourth-order valence-corrected chi connectivity index (χ4v) is 3.03. The highest BCUT2D eigenvalue weighted by Gasteiger charge is 2.28. The van der Waals surface area contributed by atoms with Crippen LogP contribution in [0.1, 0.15) is 37.4 Å². The molecule has 0 saturated carbocycles. The van der Waals surface area contributed by atoms with Crippen LogP contribution >= 0.6 is 0 Å². The Morgan fingerprint density at radius 1 is 1.42 bits per heavy atom. The maximum Gasteiger partial charge on any atom is 0.321 e. The van der Waals surface area contributed by atoms with Gasteiger partial charge in [0.1, 0.15) is 12.4 Å². The topological polar surface area (TPSA) is 89.7 Å². The SMILES string of the molecule is CCOc1ccccc1NC(=O)N1CCCC(c2noc(COC)n2)C1. The highest BCUT2D eigenvalue weighted by Crippen LogP contribution is 2.27. The van der Waals surface area contributed by atoms with Crippen molar-refractivity contribution in [2.75, 3.05) is 32.1 Å². The van der Waals surface area contributed by atoms with Gasteiger partial charge in [-0.15, -0.1) is 0 Å². The van der Waals surface area contributed by atoms with Crippen molar-refractivity contribution in [1.82, 2.24) is 15.0 Å². The lowest BCUT2D eigenvalue weighted by Gasteiger charge is -2.31. The number of para-hydroxylation sites is 2. The van der Waals surface area contributed by atoms with Gasteiger partial charge in [-0.2, -0.15) is 4.98 Å². The van der Waals surface area contributed by atoms with E-state index in [4.69, 9.17) is 14.0 Å². The summed E-state index contributed by atoms with van der Waals surface area (Å²) < 4.78 is 15.7. The van der Waals surface area contributed by atoms with Gasteiger partial charge in [0.2, 0.25) is 0 Å². The molecule has 8 heteroatoms. The lowest BCUT2D eigenvalue weighted by molar-refractivity contribution is 0.151. The molecule has 1 atom stereocenters. The van der Waals surface area contributed by atoms with Gasteiger partial charge in [-0.3, -0.25) is 0 Å². The summed E-state index contributed by atoms with van der Waals surface area (Å²) in [5.41, 5.74) is 0.670. The number of nitrogens with one attached hydrogen (secondary N) is 1. The van der Waals surface area contributed by atoms with Gasteiger partial charge in [0.15, 0.2) is 5.82 Å². The largest absolute Gasteiger partial charge is 0.492 e. The first kappa shape index (κ1) is 18.2. The van der Waals surface area contributed by atoms with Crippen LogP contribution in [0.4, 0.5) is 10.5 Å². The van der Waals surface area contributed by atoms with E-state index in [-0.39, 0.29) is 18.6 Å². The molecule has 140 valence electrons. The number of piperidine rings is 1. The second kappa shape index (κ2) is 8.66. The second-order valence-corrected chi connectivity index (χ2v) is 6.12. The number of nitrogens with zero attached hydrogens (tertiary/aromatic N) is 3. The smallest absolute Gasteiger partial charge is 0.321 e. The molecule has 0 radical (unpaired) electrons. The van der Waals surface area contributed by atoms with E-state index in [9.17, 15) is 4.79 Å². The van der Waals surface area contributed by atoms with Crippen molar-refractivity contribution in [3.63, 3.8) is 0 Å². The molecule has 1 aromatic heterocycles. The van der Waals surface area contributed by atoms with E-state index in [2.05, 4.69) is 15.5 Å². The van der Waals surface area contributed by atoms with Crippen LogP contribution in [-0.4, -0.2) is 47.9 Å². The summed E-state index contributed by atoms with van der Waals surface area (Å²) >= 11 is 0. The first-order chi connectivity index (χ1) is 12.7. The van der Waals surface area contributed by atoms with E-state index < -0.39 is 0 Å². The number of anilines is 1. The van der Waals surface area contributed by atoms with Crippen LogP contribution in [0.5, 0.6) is 5.75 Å². The Kier molecular flexibility index (Phi) is 6.06. The molecule has 2 amide bonds. The predicted octanol–water partition coefficient (Wildman–Crippen LogP) is 3.03. The normalized spacial score (nSPS) is 17.2. The van der Waals surface area contributed by atoms with Gasteiger partial charge in [-0.25, -0.2) is 4.79 Å². The van der Waals surface area contributed by atoms with Gasteiger partial charge in [0, 0.05) is 26.1 Å². The molecule has 1 fully saturated rings. The fourth-order valence-electron chi connectivity index (χ4n) is 3.03. The van der Waals surface area contributed by atoms with Crippen molar-refractivity contribution in [2.45, 2.75) is 32.3 Å². The van der Waals surface area contributed by atoms with Gasteiger partial charge in [-0.1, -0.05) is 17.3 Å². The molecule has 8 nitrogen and oxygen atoms in total. The van der Waals surface area contributed by atoms with Gasteiger partial charge in [0.25, 0.3) is 5.89 Å². The lowest BCUT2D eigenvalue weighted by atomic mass is 9.98. The third-order valence-corrected chi connectivity index (χ3v) is 4.25. The van der Waals surface area contributed by atoms with E-state index >= 15 is 0 Å². The number of carbonyl (C=O) groups excluding carboxylic acids is 1. The third-order valence-electron chi connectivity index (χ3n) is 4.25. The van der Waals surface area contributed by atoms with E-state index in [0.29, 0.717) is 42.8 Å². The highest BCUT2D eigenvalue weighted by molar-refractivity contribution is 5.91. The molecule has 1 unspecified atom stereocenters. The molecule has 26 heavy (non-hydrogen) atoms. The van der Waals surface area contributed by atoms with E-state index in [0.717, 1.165) is 12.8 Å². The Hall–Kier alpha value is -2.61. The summed E-state index contributed by atoms with van der Waals surface area (Å²) in [7, 11) is 1.58. The van der Waals surface area contributed by atoms with Gasteiger partial charge in [0.05, 0.1) is 12.3 Å². The molecule has 3 rings (SSSR count). The zero-order valence-corrected chi connectivity index (χ0v) is 15.1. The predicted molar refractivity (Wildman–Crippen MR) is 95.2 cm³/mol. The average molecular weight is 360 g/mol. The molecule has 1 aliphatic heterocycles. The molecular weight excluding hydrogens is 336 g/mol. The summed E-state index contributed by atoms with van der Waals surface area (Å²) in [5.74, 6) is 1.81. The zero-order chi connectivity index (χ0) is 18.4.